The number of esters is 1. The van der Waals surface area contributed by atoms with Crippen molar-refractivity contribution in [1.82, 2.24) is 20.6 Å². The van der Waals surface area contributed by atoms with Crippen LogP contribution < -0.4 is 5.32 Å². The molecule has 0 radical (unpaired) electrons. The minimum absolute atomic E-state index is 0.0170. The van der Waals surface area contributed by atoms with Gasteiger partial charge in [-0.1, -0.05) is 6.07 Å². The number of carbonyl (C=O) groups is 2. The van der Waals surface area contributed by atoms with Gasteiger partial charge in [-0.25, -0.2) is 14.3 Å². The van der Waals surface area contributed by atoms with E-state index in [1.807, 2.05) is 0 Å². The molecule has 2 aromatic carbocycles. The van der Waals surface area contributed by atoms with E-state index >= 15 is 0 Å². The van der Waals surface area contributed by atoms with Gasteiger partial charge < -0.3 is 14.8 Å². The first-order valence-corrected chi connectivity index (χ1v) is 10.4. The van der Waals surface area contributed by atoms with Gasteiger partial charge in [-0.15, -0.1) is 5.10 Å². The Kier molecular flexibility index (Phi) is 6.52. The molecule has 1 fully saturated rings. The smallest absolute Gasteiger partial charge is 0.416 e. The molecule has 1 aliphatic carbocycles. The lowest BCUT2D eigenvalue weighted by Gasteiger charge is -2.18. The lowest BCUT2D eigenvalue weighted by atomic mass is 9.93. The molecule has 0 saturated heterocycles. The van der Waals surface area contributed by atoms with Gasteiger partial charge in [-0.05, 0) is 53.6 Å². The van der Waals surface area contributed by atoms with Crippen molar-refractivity contribution in [3.63, 3.8) is 0 Å². The van der Waals surface area contributed by atoms with E-state index in [9.17, 15) is 27.2 Å². The number of benzene rings is 2. The molecule has 9 nitrogen and oxygen atoms in total. The Morgan fingerprint density at radius 3 is 2.51 bits per heavy atom. The molecular formula is C22H19F4N5O4. The maximum absolute atomic E-state index is 14.6. The number of tetrazole rings is 1. The summed E-state index contributed by atoms with van der Waals surface area (Å²) in [5.74, 6) is -2.23. The second-order valence-electron chi connectivity index (χ2n) is 7.87. The van der Waals surface area contributed by atoms with Gasteiger partial charge in [0.25, 0.3) is 0 Å². The Hall–Kier alpha value is -3.87. The second-order valence-corrected chi connectivity index (χ2v) is 7.87. The Labute approximate surface area is 195 Å². The molecule has 1 saturated carbocycles. The average Bonchev–Trinajstić information content (AvgIpc) is 3.43. The number of hydrogen-bond acceptors (Lipinski definition) is 7. The fraction of sp³-hybridized carbons (Fsp3) is 0.318. The van der Waals surface area contributed by atoms with Crippen molar-refractivity contribution in [1.29, 1.82) is 0 Å². The first-order chi connectivity index (χ1) is 16.7. The van der Waals surface area contributed by atoms with Crippen LogP contribution in [0.1, 0.15) is 34.3 Å². The summed E-state index contributed by atoms with van der Waals surface area (Å²) >= 11 is 0. The van der Waals surface area contributed by atoms with Crippen molar-refractivity contribution < 1.29 is 36.6 Å². The van der Waals surface area contributed by atoms with Gasteiger partial charge in [0.1, 0.15) is 12.4 Å². The van der Waals surface area contributed by atoms with Crippen LogP contribution in [0, 0.1) is 5.82 Å². The topological polar surface area (TPSA) is 119 Å². The molecular weight excluding hydrogens is 474 g/mol. The van der Waals surface area contributed by atoms with Gasteiger partial charge in [-0.2, -0.15) is 13.2 Å². The summed E-state index contributed by atoms with van der Waals surface area (Å²) in [6.07, 6.45) is -4.16. The van der Waals surface area contributed by atoms with Crippen LogP contribution in [0.2, 0.25) is 0 Å². The Morgan fingerprint density at radius 2 is 1.91 bits per heavy atom. The van der Waals surface area contributed by atoms with E-state index in [0.717, 1.165) is 12.1 Å². The Morgan fingerprint density at radius 1 is 1.14 bits per heavy atom. The van der Waals surface area contributed by atoms with Gasteiger partial charge in [0, 0.05) is 23.9 Å². The SMILES string of the molecule is COCCOC(=O)c1ccc(NC(=O)C2(c3ccc(C(F)(F)F)cc3F)CC2)cc1-c1nnn[nH]1. The number of nitrogens with zero attached hydrogens (tertiary/aromatic N) is 3. The van der Waals surface area contributed by atoms with Crippen LogP contribution in [-0.2, 0) is 25.9 Å². The van der Waals surface area contributed by atoms with Crippen LogP contribution in [0.15, 0.2) is 36.4 Å². The summed E-state index contributed by atoms with van der Waals surface area (Å²) in [4.78, 5) is 25.6. The number of ether oxygens (including phenoxy) is 2. The summed E-state index contributed by atoms with van der Waals surface area (Å²) in [5, 5.41) is 15.9. The van der Waals surface area contributed by atoms with Gasteiger partial charge in [-0.3, -0.25) is 4.79 Å². The minimum atomic E-state index is -4.70. The number of amides is 1. The quantitative estimate of drug-likeness (QED) is 0.280. The van der Waals surface area contributed by atoms with Crippen LogP contribution in [0.25, 0.3) is 11.4 Å². The highest BCUT2D eigenvalue weighted by Crippen LogP contribution is 2.50. The molecule has 1 aromatic heterocycles. The fourth-order valence-corrected chi connectivity index (χ4v) is 3.64. The third-order valence-corrected chi connectivity index (χ3v) is 5.62. The van der Waals surface area contributed by atoms with Crippen LogP contribution >= 0.6 is 0 Å². The maximum Gasteiger partial charge on any atom is 0.416 e. The molecule has 184 valence electrons. The van der Waals surface area contributed by atoms with Gasteiger partial charge in [0.2, 0.25) is 5.91 Å². The molecule has 1 heterocycles. The number of H-pyrrole nitrogens is 1. The summed E-state index contributed by atoms with van der Waals surface area (Å²) in [6, 6.07) is 6.42. The van der Waals surface area contributed by atoms with Crippen LogP contribution in [0.4, 0.5) is 23.2 Å². The zero-order valence-corrected chi connectivity index (χ0v) is 18.3. The van der Waals surface area contributed by atoms with E-state index in [-0.39, 0.29) is 54.3 Å². The zero-order chi connectivity index (χ0) is 25.2. The number of alkyl halides is 3. The van der Waals surface area contributed by atoms with Crippen molar-refractivity contribution in [2.75, 3.05) is 25.6 Å². The van der Waals surface area contributed by atoms with E-state index < -0.39 is 34.8 Å². The number of halogens is 4. The van der Waals surface area contributed by atoms with Crippen molar-refractivity contribution in [2.45, 2.75) is 24.4 Å². The highest BCUT2D eigenvalue weighted by molar-refractivity contribution is 6.03. The first-order valence-electron chi connectivity index (χ1n) is 10.4. The highest BCUT2D eigenvalue weighted by Gasteiger charge is 2.53. The largest absolute Gasteiger partial charge is 0.460 e. The van der Waals surface area contributed by atoms with Crippen molar-refractivity contribution in [3.05, 3.63) is 58.9 Å². The summed E-state index contributed by atoms with van der Waals surface area (Å²) in [6.45, 7) is 0.213. The zero-order valence-electron chi connectivity index (χ0n) is 18.3. The summed E-state index contributed by atoms with van der Waals surface area (Å²) in [7, 11) is 1.46. The standard InChI is InChI=1S/C22H19F4N5O4/c1-34-8-9-35-19(32)14-4-3-13(11-15(14)18-28-30-31-29-18)27-20(33)21(6-7-21)16-5-2-12(10-17(16)23)22(24,25)26/h2-5,10-11H,6-9H2,1H3,(H,27,33)(H,28,29,30,31). The Balaban J connectivity index is 1.59. The number of aromatic amines is 1. The summed E-state index contributed by atoms with van der Waals surface area (Å²) in [5.41, 5.74) is -1.93. The lowest BCUT2D eigenvalue weighted by Crippen LogP contribution is -2.29. The molecule has 1 aliphatic rings. The molecule has 0 atom stereocenters. The number of methoxy groups -OCH3 is 1. The number of aromatic nitrogens is 4. The van der Waals surface area contributed by atoms with Crippen LogP contribution in [0.3, 0.4) is 0 Å². The van der Waals surface area contributed by atoms with Crippen molar-refractivity contribution in [2.24, 2.45) is 0 Å². The maximum atomic E-state index is 14.6. The van der Waals surface area contributed by atoms with Gasteiger partial charge >= 0.3 is 12.1 Å². The second kappa shape index (κ2) is 9.41. The molecule has 1 amide bonds. The van der Waals surface area contributed by atoms with Crippen molar-refractivity contribution in [3.8, 4) is 11.4 Å². The fourth-order valence-electron chi connectivity index (χ4n) is 3.64. The molecule has 35 heavy (non-hydrogen) atoms. The van der Waals surface area contributed by atoms with Crippen molar-refractivity contribution >= 4 is 17.6 Å². The predicted octanol–water partition coefficient (Wildman–Crippen LogP) is 3.50. The first kappa shape index (κ1) is 24.3. The molecule has 0 aliphatic heterocycles. The highest BCUT2D eigenvalue weighted by atomic mass is 19.4. The molecule has 0 spiro atoms. The molecule has 3 aromatic rings. The number of nitrogens with one attached hydrogen (secondary N) is 2. The molecule has 4 rings (SSSR count). The number of carbonyl (C=O) groups excluding carboxylic acids is 2. The third-order valence-electron chi connectivity index (χ3n) is 5.62. The van der Waals surface area contributed by atoms with E-state index in [4.69, 9.17) is 9.47 Å². The van der Waals surface area contributed by atoms with E-state index in [1.165, 1.54) is 25.3 Å². The van der Waals surface area contributed by atoms with Gasteiger partial charge in [0.05, 0.1) is 23.1 Å². The molecule has 2 N–H and O–H groups in total. The molecule has 0 unspecified atom stereocenters. The average molecular weight is 493 g/mol. The van der Waals surface area contributed by atoms with Gasteiger partial charge in [0.15, 0.2) is 5.82 Å². The third kappa shape index (κ3) is 4.99. The normalized spacial score (nSPS) is 14.4. The number of anilines is 1. The van der Waals surface area contributed by atoms with Crippen LogP contribution in [-0.4, -0.2) is 52.8 Å². The van der Waals surface area contributed by atoms with E-state index in [2.05, 4.69) is 25.9 Å². The minimum Gasteiger partial charge on any atom is -0.460 e. The lowest BCUT2D eigenvalue weighted by molar-refractivity contribution is -0.137. The number of hydrogen-bond donors (Lipinski definition) is 2. The van der Waals surface area contributed by atoms with Crippen LogP contribution in [0.5, 0.6) is 0 Å². The summed E-state index contributed by atoms with van der Waals surface area (Å²) < 4.78 is 63.2. The van der Waals surface area contributed by atoms with E-state index in [0.29, 0.717) is 6.07 Å². The monoisotopic (exact) mass is 493 g/mol. The molecule has 13 heteroatoms. The predicted molar refractivity (Wildman–Crippen MR) is 113 cm³/mol. The molecule has 0 bridgehead atoms. The Bertz CT molecular complexity index is 1240. The van der Waals surface area contributed by atoms with E-state index in [1.54, 1.807) is 0 Å². The number of rotatable bonds is 8.